The van der Waals surface area contributed by atoms with Gasteiger partial charge in [0.05, 0.1) is 11.6 Å². The summed E-state index contributed by atoms with van der Waals surface area (Å²) in [5.41, 5.74) is -1.15. The lowest BCUT2D eigenvalue weighted by Gasteiger charge is -2.23. The Morgan fingerprint density at radius 2 is 2.24 bits per heavy atom. The van der Waals surface area contributed by atoms with Crippen LogP contribution in [-0.2, 0) is 7.05 Å². The number of rotatable bonds is 5. The van der Waals surface area contributed by atoms with Crippen molar-refractivity contribution in [3.63, 3.8) is 0 Å². The molecule has 1 aromatic heterocycles. The molecule has 0 radical (unpaired) electrons. The summed E-state index contributed by atoms with van der Waals surface area (Å²) in [6.45, 7) is 2.93. The zero-order valence-corrected chi connectivity index (χ0v) is 12.3. The van der Waals surface area contributed by atoms with Crippen LogP contribution in [0.5, 0.6) is 0 Å². The van der Waals surface area contributed by atoms with E-state index < -0.39 is 17.0 Å². The highest BCUT2D eigenvalue weighted by atomic mass is 19.4. The van der Waals surface area contributed by atoms with E-state index in [1.165, 1.54) is 0 Å². The van der Waals surface area contributed by atoms with E-state index in [4.69, 9.17) is 0 Å². The predicted octanol–water partition coefficient (Wildman–Crippen LogP) is 2.00. The molecule has 0 spiro atoms. The number of halogens is 3. The van der Waals surface area contributed by atoms with Crippen LogP contribution in [0.2, 0.25) is 0 Å². The van der Waals surface area contributed by atoms with E-state index in [9.17, 15) is 13.2 Å². The lowest BCUT2D eigenvalue weighted by Crippen LogP contribution is -2.36. The summed E-state index contributed by atoms with van der Waals surface area (Å²) in [6.07, 6.45) is 0.640. The Morgan fingerprint density at radius 3 is 2.76 bits per heavy atom. The van der Waals surface area contributed by atoms with Gasteiger partial charge in [-0.2, -0.15) is 18.3 Å². The molecule has 0 aromatic carbocycles. The van der Waals surface area contributed by atoms with E-state index in [1.807, 2.05) is 20.2 Å². The number of alkyl halides is 3. The molecule has 1 saturated heterocycles. The molecule has 2 heterocycles. The highest BCUT2D eigenvalue weighted by Crippen LogP contribution is 2.72. The molecular formula is C14H21F3N4. The number of fused-ring (bicyclic) bond motifs is 1. The molecule has 1 aliphatic heterocycles. The normalized spacial score (nSPS) is 33.0. The van der Waals surface area contributed by atoms with Crippen molar-refractivity contribution in [2.75, 3.05) is 19.6 Å². The summed E-state index contributed by atoms with van der Waals surface area (Å²) in [4.78, 5) is 0. The maximum Gasteiger partial charge on any atom is 0.396 e. The van der Waals surface area contributed by atoms with Gasteiger partial charge in [0.25, 0.3) is 0 Å². The summed E-state index contributed by atoms with van der Waals surface area (Å²) >= 11 is 0. The Labute approximate surface area is 122 Å². The molecule has 0 amide bonds. The van der Waals surface area contributed by atoms with Crippen LogP contribution in [0.1, 0.15) is 31.4 Å². The number of aromatic nitrogens is 2. The Hall–Kier alpha value is -1.08. The molecule has 1 aromatic rings. The van der Waals surface area contributed by atoms with Crippen LogP contribution in [0, 0.1) is 10.8 Å². The summed E-state index contributed by atoms with van der Waals surface area (Å²) in [5.74, 6) is 0. The minimum absolute atomic E-state index is 0.0557. The van der Waals surface area contributed by atoms with Gasteiger partial charge < -0.3 is 10.6 Å². The fraction of sp³-hybridized carbons (Fsp3) is 0.786. The van der Waals surface area contributed by atoms with Crippen LogP contribution in [0.15, 0.2) is 12.4 Å². The van der Waals surface area contributed by atoms with E-state index in [1.54, 1.807) is 10.9 Å². The summed E-state index contributed by atoms with van der Waals surface area (Å²) in [6, 6.07) is 0.0557. The zero-order valence-electron chi connectivity index (χ0n) is 12.3. The van der Waals surface area contributed by atoms with Crippen LogP contribution >= 0.6 is 0 Å². The molecule has 0 bridgehead atoms. The molecule has 2 N–H and O–H groups in total. The summed E-state index contributed by atoms with van der Waals surface area (Å²) in [7, 11) is 1.84. The molecule has 21 heavy (non-hydrogen) atoms. The van der Waals surface area contributed by atoms with Gasteiger partial charge in [0.1, 0.15) is 0 Å². The Balaban J connectivity index is 1.68. The van der Waals surface area contributed by atoms with Crippen LogP contribution < -0.4 is 10.6 Å². The summed E-state index contributed by atoms with van der Waals surface area (Å²) in [5, 5.41) is 10.4. The van der Waals surface area contributed by atoms with Crippen LogP contribution in [-0.4, -0.2) is 35.6 Å². The lowest BCUT2D eigenvalue weighted by atomic mass is 9.94. The first-order valence-corrected chi connectivity index (χ1v) is 7.33. The molecule has 118 valence electrons. The number of aryl methyl sites for hydroxylation is 1. The largest absolute Gasteiger partial charge is 0.396 e. The molecule has 2 fully saturated rings. The van der Waals surface area contributed by atoms with Gasteiger partial charge in [-0.25, -0.2) is 0 Å². The third-order valence-corrected chi connectivity index (χ3v) is 5.19. The quantitative estimate of drug-likeness (QED) is 0.874. The Morgan fingerprint density at radius 1 is 1.48 bits per heavy atom. The van der Waals surface area contributed by atoms with Gasteiger partial charge >= 0.3 is 6.18 Å². The first kappa shape index (κ1) is 14.8. The topological polar surface area (TPSA) is 41.9 Å². The van der Waals surface area contributed by atoms with Crippen molar-refractivity contribution in [3.8, 4) is 0 Å². The van der Waals surface area contributed by atoms with E-state index in [0.29, 0.717) is 13.1 Å². The van der Waals surface area contributed by atoms with Crippen molar-refractivity contribution in [1.29, 1.82) is 0 Å². The van der Waals surface area contributed by atoms with Crippen molar-refractivity contribution < 1.29 is 13.2 Å². The van der Waals surface area contributed by atoms with Crippen LogP contribution in [0.3, 0.4) is 0 Å². The zero-order chi connectivity index (χ0) is 15.3. The van der Waals surface area contributed by atoms with E-state index >= 15 is 0 Å². The predicted molar refractivity (Wildman–Crippen MR) is 72.7 cm³/mol. The Bertz CT molecular complexity index is 527. The lowest BCUT2D eigenvalue weighted by molar-refractivity contribution is -0.190. The molecule has 3 rings (SSSR count). The fourth-order valence-electron chi connectivity index (χ4n) is 3.76. The van der Waals surface area contributed by atoms with Crippen molar-refractivity contribution in [2.24, 2.45) is 17.9 Å². The van der Waals surface area contributed by atoms with Crippen molar-refractivity contribution in [2.45, 2.75) is 32.0 Å². The van der Waals surface area contributed by atoms with E-state index in [-0.39, 0.29) is 19.0 Å². The molecule has 1 unspecified atom stereocenters. The maximum absolute atomic E-state index is 13.3. The molecule has 7 heteroatoms. The molecule has 4 nitrogen and oxygen atoms in total. The van der Waals surface area contributed by atoms with Gasteiger partial charge in [0.15, 0.2) is 0 Å². The average molecular weight is 302 g/mol. The van der Waals surface area contributed by atoms with Crippen LogP contribution in [0.4, 0.5) is 13.2 Å². The van der Waals surface area contributed by atoms with Gasteiger partial charge in [-0.3, -0.25) is 4.68 Å². The Kier molecular flexibility index (Phi) is 3.33. The second-order valence-corrected chi connectivity index (χ2v) is 6.43. The van der Waals surface area contributed by atoms with Gasteiger partial charge in [-0.15, -0.1) is 0 Å². The van der Waals surface area contributed by atoms with Crippen molar-refractivity contribution in [3.05, 3.63) is 18.0 Å². The number of piperidine rings is 1. The molecule has 1 saturated carbocycles. The second kappa shape index (κ2) is 4.71. The number of nitrogens with one attached hydrogen (secondary N) is 2. The van der Waals surface area contributed by atoms with E-state index in [2.05, 4.69) is 15.7 Å². The smallest absolute Gasteiger partial charge is 0.315 e. The van der Waals surface area contributed by atoms with Crippen LogP contribution in [0.25, 0.3) is 0 Å². The van der Waals surface area contributed by atoms with Gasteiger partial charge in [-0.05, 0) is 12.8 Å². The molecule has 2 aliphatic rings. The highest BCUT2D eigenvalue weighted by molar-refractivity contribution is 5.25. The first-order chi connectivity index (χ1) is 9.84. The fourth-order valence-corrected chi connectivity index (χ4v) is 3.76. The SMILES string of the molecule is CCC(NC[C@@]12CNC[C@]1(C(F)(F)F)C2)c1cnn(C)c1. The number of hydrogen-bond acceptors (Lipinski definition) is 3. The number of nitrogens with zero attached hydrogens (tertiary/aromatic N) is 2. The number of hydrogen-bond donors (Lipinski definition) is 2. The van der Waals surface area contributed by atoms with Crippen molar-refractivity contribution in [1.82, 2.24) is 20.4 Å². The minimum Gasteiger partial charge on any atom is -0.315 e. The maximum atomic E-state index is 13.3. The minimum atomic E-state index is -4.12. The molecular weight excluding hydrogens is 281 g/mol. The van der Waals surface area contributed by atoms with Crippen molar-refractivity contribution >= 4 is 0 Å². The third kappa shape index (κ3) is 2.17. The first-order valence-electron chi connectivity index (χ1n) is 7.33. The highest BCUT2D eigenvalue weighted by Gasteiger charge is 2.81. The van der Waals surface area contributed by atoms with E-state index in [0.717, 1.165) is 12.0 Å². The van der Waals surface area contributed by atoms with Gasteiger partial charge in [-0.1, -0.05) is 6.92 Å². The summed E-state index contributed by atoms with van der Waals surface area (Å²) < 4.78 is 41.6. The molecule has 1 aliphatic carbocycles. The monoisotopic (exact) mass is 302 g/mol. The second-order valence-electron chi connectivity index (χ2n) is 6.43. The molecule has 3 atom stereocenters. The average Bonchev–Trinajstić information content (AvgIpc) is 2.71. The standard InChI is InChI=1S/C14H21F3N4/c1-3-11(10-4-20-21(2)5-10)19-8-12-6-13(12,9-18-7-12)14(15,16)17/h4-5,11,18-19H,3,6-9H2,1-2H3/t11?,12-,13-/m1/s1. The third-order valence-electron chi connectivity index (χ3n) is 5.19. The van der Waals surface area contributed by atoms with Gasteiger partial charge in [0.2, 0.25) is 0 Å². The van der Waals surface area contributed by atoms with Gasteiger partial charge in [0, 0.05) is 49.9 Å².